The molecule has 0 aliphatic heterocycles. The second-order valence-electron chi connectivity index (χ2n) is 3.87. The van der Waals surface area contributed by atoms with E-state index in [1.165, 1.54) is 0 Å². The summed E-state index contributed by atoms with van der Waals surface area (Å²) < 4.78 is 5.63. The van der Waals surface area contributed by atoms with Crippen LogP contribution in [0.15, 0.2) is 22.7 Å². The number of halogens is 3. The van der Waals surface area contributed by atoms with Gasteiger partial charge in [0.15, 0.2) is 0 Å². The number of methoxy groups -OCH3 is 1. The highest BCUT2D eigenvalue weighted by Gasteiger charge is 2.16. The zero-order chi connectivity index (χ0) is 13.7. The van der Waals surface area contributed by atoms with Crippen LogP contribution in [0, 0.1) is 0 Å². The quantitative estimate of drug-likeness (QED) is 0.758. The van der Waals surface area contributed by atoms with E-state index in [4.69, 9.17) is 27.9 Å². The minimum absolute atomic E-state index is 0.103. The number of carbonyl (C=O) groups excluding carboxylic acids is 1. The molecule has 1 unspecified atom stereocenters. The van der Waals surface area contributed by atoms with Gasteiger partial charge in [-0.25, -0.2) is 0 Å². The average Bonchev–Trinajstić information content (AvgIpc) is 2.32. The van der Waals surface area contributed by atoms with Gasteiger partial charge < -0.3 is 9.64 Å². The average molecular weight is 355 g/mol. The lowest BCUT2D eigenvalue weighted by molar-refractivity contribution is 0.0781. The molecule has 0 N–H and O–H groups in total. The molecule has 6 heteroatoms. The summed E-state index contributed by atoms with van der Waals surface area (Å²) in [7, 11) is 3.28. The summed E-state index contributed by atoms with van der Waals surface area (Å²) in [4.78, 5) is 13.7. The van der Waals surface area contributed by atoms with Crippen molar-refractivity contribution >= 4 is 45.0 Å². The van der Waals surface area contributed by atoms with Crippen LogP contribution in [0.5, 0.6) is 0 Å². The van der Waals surface area contributed by atoms with Crippen LogP contribution in [0.25, 0.3) is 0 Å². The summed E-state index contributed by atoms with van der Waals surface area (Å²) >= 11 is 15.2. The Morgan fingerprint density at radius 1 is 1.56 bits per heavy atom. The Hall–Kier alpha value is -0.290. The van der Waals surface area contributed by atoms with E-state index in [9.17, 15) is 4.79 Å². The van der Waals surface area contributed by atoms with E-state index in [1.54, 1.807) is 37.3 Å². The Kier molecular flexibility index (Phi) is 6.43. The number of nitrogens with zero attached hydrogens (tertiary/aromatic N) is 1. The highest BCUT2D eigenvalue weighted by molar-refractivity contribution is 9.10. The van der Waals surface area contributed by atoms with Crippen molar-refractivity contribution in [2.45, 2.75) is 5.38 Å². The molecule has 0 heterocycles. The highest BCUT2D eigenvalue weighted by atomic mass is 79.9. The molecule has 1 aromatic rings. The van der Waals surface area contributed by atoms with Gasteiger partial charge in [-0.05, 0) is 34.1 Å². The maximum atomic E-state index is 12.1. The van der Waals surface area contributed by atoms with Crippen LogP contribution in [0.4, 0.5) is 0 Å². The van der Waals surface area contributed by atoms with Gasteiger partial charge in [-0.1, -0.05) is 11.6 Å². The molecule has 0 aromatic heterocycles. The molecule has 0 aliphatic carbocycles. The smallest absolute Gasteiger partial charge is 0.253 e. The van der Waals surface area contributed by atoms with Crippen molar-refractivity contribution in [3.63, 3.8) is 0 Å². The third-order valence-corrected chi connectivity index (χ3v) is 3.81. The van der Waals surface area contributed by atoms with Crippen LogP contribution in [-0.4, -0.2) is 43.5 Å². The van der Waals surface area contributed by atoms with Gasteiger partial charge in [-0.3, -0.25) is 4.79 Å². The zero-order valence-corrected chi connectivity index (χ0v) is 13.2. The molecule has 0 spiro atoms. The van der Waals surface area contributed by atoms with Crippen molar-refractivity contribution in [3.05, 3.63) is 33.3 Å². The van der Waals surface area contributed by atoms with Gasteiger partial charge in [0.2, 0.25) is 0 Å². The fourth-order valence-electron chi connectivity index (χ4n) is 1.46. The number of hydrogen-bond acceptors (Lipinski definition) is 2. The van der Waals surface area contributed by atoms with E-state index in [-0.39, 0.29) is 11.3 Å². The first-order valence-corrected chi connectivity index (χ1v) is 6.90. The number of hydrogen-bond donors (Lipinski definition) is 0. The number of rotatable bonds is 5. The van der Waals surface area contributed by atoms with Crippen LogP contribution in [0.1, 0.15) is 10.4 Å². The van der Waals surface area contributed by atoms with Gasteiger partial charge in [0.05, 0.1) is 17.0 Å². The van der Waals surface area contributed by atoms with Crippen LogP contribution >= 0.6 is 39.1 Å². The maximum absolute atomic E-state index is 12.1. The molecule has 0 bridgehead atoms. The lowest BCUT2D eigenvalue weighted by Gasteiger charge is -2.20. The van der Waals surface area contributed by atoms with E-state index in [1.807, 2.05) is 0 Å². The van der Waals surface area contributed by atoms with Gasteiger partial charge in [-0.15, -0.1) is 11.6 Å². The van der Waals surface area contributed by atoms with E-state index >= 15 is 0 Å². The molecule has 0 saturated heterocycles. The molecular weight excluding hydrogens is 341 g/mol. The molecule has 18 heavy (non-hydrogen) atoms. The Balaban J connectivity index is 2.71. The van der Waals surface area contributed by atoms with E-state index in [2.05, 4.69) is 15.9 Å². The second kappa shape index (κ2) is 7.34. The number of ether oxygens (including phenoxy) is 1. The van der Waals surface area contributed by atoms with Gasteiger partial charge in [-0.2, -0.15) is 0 Å². The molecule has 0 fully saturated rings. The fourth-order valence-corrected chi connectivity index (χ4v) is 2.29. The van der Waals surface area contributed by atoms with Crippen LogP contribution in [-0.2, 0) is 4.74 Å². The second-order valence-corrected chi connectivity index (χ2v) is 5.75. The summed E-state index contributed by atoms with van der Waals surface area (Å²) in [6.07, 6.45) is 0. The molecule has 1 rings (SSSR count). The number of alkyl halides is 1. The third kappa shape index (κ3) is 4.43. The Morgan fingerprint density at radius 3 is 2.78 bits per heavy atom. The summed E-state index contributed by atoms with van der Waals surface area (Å²) in [5.74, 6) is -0.103. The highest BCUT2D eigenvalue weighted by Crippen LogP contribution is 2.23. The first-order valence-electron chi connectivity index (χ1n) is 5.29. The topological polar surface area (TPSA) is 29.5 Å². The number of amides is 1. The van der Waals surface area contributed by atoms with E-state index < -0.39 is 0 Å². The molecule has 0 saturated carbocycles. The van der Waals surface area contributed by atoms with Crippen molar-refractivity contribution in [1.29, 1.82) is 0 Å². The standard InChI is InChI=1S/C12H14BrCl2NO2/c1-16(6-9(14)7-18-2)12(17)8-3-4-11(15)10(13)5-8/h3-5,9H,6-7H2,1-2H3. The molecule has 100 valence electrons. The van der Waals surface area contributed by atoms with Crippen LogP contribution < -0.4 is 0 Å². The predicted molar refractivity (Wildman–Crippen MR) is 77.6 cm³/mol. The Bertz CT molecular complexity index is 429. The SMILES string of the molecule is COCC(Cl)CN(C)C(=O)c1ccc(Cl)c(Br)c1. The summed E-state index contributed by atoms with van der Waals surface area (Å²) in [6, 6.07) is 5.06. The lowest BCUT2D eigenvalue weighted by atomic mass is 10.2. The first kappa shape index (κ1) is 15.8. The molecule has 1 atom stereocenters. The van der Waals surface area contributed by atoms with Crippen molar-refractivity contribution in [2.75, 3.05) is 27.3 Å². The minimum atomic E-state index is -0.223. The third-order valence-electron chi connectivity index (χ3n) is 2.33. The lowest BCUT2D eigenvalue weighted by Crippen LogP contribution is -2.33. The van der Waals surface area contributed by atoms with Crippen molar-refractivity contribution in [3.8, 4) is 0 Å². The summed E-state index contributed by atoms with van der Waals surface area (Å²) in [5, 5.41) is 0.350. The van der Waals surface area contributed by atoms with Crippen molar-refractivity contribution in [2.24, 2.45) is 0 Å². The van der Waals surface area contributed by atoms with Crippen LogP contribution in [0.3, 0.4) is 0 Å². The molecule has 3 nitrogen and oxygen atoms in total. The van der Waals surface area contributed by atoms with E-state index in [0.717, 1.165) is 0 Å². The number of benzene rings is 1. The number of carbonyl (C=O) groups is 1. The molecule has 0 aliphatic rings. The molecule has 0 radical (unpaired) electrons. The zero-order valence-electron chi connectivity index (χ0n) is 10.1. The molecule has 1 amide bonds. The van der Waals surface area contributed by atoms with Gasteiger partial charge in [0.25, 0.3) is 5.91 Å². The summed E-state index contributed by atoms with van der Waals surface area (Å²) in [6.45, 7) is 0.831. The predicted octanol–water partition coefficient (Wildman–Crippen LogP) is 3.43. The summed E-state index contributed by atoms with van der Waals surface area (Å²) in [5.41, 5.74) is 0.565. The fraction of sp³-hybridized carbons (Fsp3) is 0.417. The van der Waals surface area contributed by atoms with Gasteiger partial charge >= 0.3 is 0 Å². The maximum Gasteiger partial charge on any atom is 0.253 e. The Labute approximate surface area is 125 Å². The van der Waals surface area contributed by atoms with Gasteiger partial charge in [0.1, 0.15) is 0 Å². The van der Waals surface area contributed by atoms with Crippen molar-refractivity contribution in [1.82, 2.24) is 4.90 Å². The normalized spacial score (nSPS) is 12.3. The minimum Gasteiger partial charge on any atom is -0.383 e. The van der Waals surface area contributed by atoms with Gasteiger partial charge in [0, 0.05) is 30.7 Å². The monoisotopic (exact) mass is 353 g/mol. The van der Waals surface area contributed by atoms with Crippen LogP contribution in [0.2, 0.25) is 5.02 Å². The molecular formula is C12H14BrCl2NO2. The largest absolute Gasteiger partial charge is 0.383 e. The molecule has 1 aromatic carbocycles. The first-order chi connectivity index (χ1) is 8.45. The Morgan fingerprint density at radius 2 is 2.22 bits per heavy atom. The van der Waals surface area contributed by atoms with E-state index in [0.29, 0.717) is 28.2 Å². The van der Waals surface area contributed by atoms with Crippen molar-refractivity contribution < 1.29 is 9.53 Å².